The lowest BCUT2D eigenvalue weighted by atomic mass is 9.95. The van der Waals surface area contributed by atoms with Crippen LogP contribution < -0.4 is 5.32 Å². The summed E-state index contributed by atoms with van der Waals surface area (Å²) in [5.41, 5.74) is 4.46. The Morgan fingerprint density at radius 3 is 2.49 bits per heavy atom. The number of nitrogens with zero attached hydrogens (tertiary/aromatic N) is 2. The number of amides is 1. The normalized spacial score (nSPS) is 12.3. The summed E-state index contributed by atoms with van der Waals surface area (Å²) in [6, 6.07) is 14.4. The molecule has 1 aromatic carbocycles. The van der Waals surface area contributed by atoms with Crippen molar-refractivity contribution in [3.05, 3.63) is 63.0 Å². The van der Waals surface area contributed by atoms with Gasteiger partial charge in [0.1, 0.15) is 11.0 Å². The van der Waals surface area contributed by atoms with Crippen molar-refractivity contribution in [1.29, 1.82) is 0 Å². The third-order valence-electron chi connectivity index (χ3n) is 6.26. The van der Waals surface area contributed by atoms with Crippen LogP contribution in [0.2, 0.25) is 0 Å². The summed E-state index contributed by atoms with van der Waals surface area (Å²) in [4.78, 5) is 17.6. The van der Waals surface area contributed by atoms with Gasteiger partial charge in [0.15, 0.2) is 0 Å². The van der Waals surface area contributed by atoms with Crippen LogP contribution in [-0.4, -0.2) is 14.7 Å². The molecule has 0 radical (unpaired) electrons. The van der Waals surface area contributed by atoms with Crippen molar-refractivity contribution in [2.45, 2.75) is 46.0 Å². The molecule has 5 rings (SSSR count). The summed E-state index contributed by atoms with van der Waals surface area (Å²) in [6.45, 7) is 4.51. The minimum atomic E-state index is -0.0691. The van der Waals surface area contributed by atoms with Gasteiger partial charge in [0.2, 0.25) is 0 Å². The molecule has 1 N–H and O–H groups in total. The van der Waals surface area contributed by atoms with Crippen molar-refractivity contribution < 1.29 is 4.79 Å². The van der Waals surface area contributed by atoms with Crippen LogP contribution >= 0.6 is 45.7 Å². The molecular formula is C27H27N3OS4. The topological polar surface area (TPSA) is 54.9 Å². The number of anilines is 1. The minimum absolute atomic E-state index is 0.0691. The molecule has 8 heteroatoms. The molecule has 0 saturated heterocycles. The lowest BCUT2D eigenvalue weighted by Gasteiger charge is -2.13. The van der Waals surface area contributed by atoms with E-state index in [2.05, 4.69) is 57.6 Å². The Kier molecular flexibility index (Phi) is 7.72. The number of hydrogen-bond acceptors (Lipinski definition) is 7. The number of fused-ring (bicyclic) bond motifs is 1. The van der Waals surface area contributed by atoms with E-state index in [0.29, 0.717) is 5.92 Å². The Labute approximate surface area is 222 Å². The molecular weight excluding hydrogens is 511 g/mol. The van der Waals surface area contributed by atoms with Gasteiger partial charge >= 0.3 is 0 Å². The van der Waals surface area contributed by atoms with E-state index in [-0.39, 0.29) is 5.91 Å². The van der Waals surface area contributed by atoms with Crippen LogP contribution in [0.4, 0.5) is 5.69 Å². The smallest absolute Gasteiger partial charge is 0.265 e. The summed E-state index contributed by atoms with van der Waals surface area (Å²) in [5.74, 6) is 0.614. The van der Waals surface area contributed by atoms with E-state index in [1.807, 2.05) is 23.6 Å². The first-order valence-corrected chi connectivity index (χ1v) is 15.3. The maximum Gasteiger partial charge on any atom is 0.265 e. The van der Waals surface area contributed by atoms with Crippen LogP contribution in [0.25, 0.3) is 31.9 Å². The second kappa shape index (κ2) is 11.1. The number of rotatable bonds is 10. The van der Waals surface area contributed by atoms with Crippen LogP contribution in [0.3, 0.4) is 0 Å². The lowest BCUT2D eigenvalue weighted by molar-refractivity contribution is 0.103. The fourth-order valence-electron chi connectivity index (χ4n) is 4.35. The lowest BCUT2D eigenvalue weighted by Crippen LogP contribution is -2.11. The molecule has 180 valence electrons. The quantitative estimate of drug-likeness (QED) is 0.193. The largest absolute Gasteiger partial charge is 0.321 e. The van der Waals surface area contributed by atoms with E-state index < -0.39 is 0 Å². The molecule has 0 saturated carbocycles. The zero-order valence-electron chi connectivity index (χ0n) is 19.7. The van der Waals surface area contributed by atoms with Gasteiger partial charge in [-0.2, -0.15) is 8.75 Å². The van der Waals surface area contributed by atoms with Gasteiger partial charge in [0.05, 0.1) is 22.3 Å². The zero-order valence-corrected chi connectivity index (χ0v) is 23.0. The van der Waals surface area contributed by atoms with Gasteiger partial charge < -0.3 is 5.32 Å². The highest BCUT2D eigenvalue weighted by atomic mass is 32.1. The maximum atomic E-state index is 13.4. The molecule has 0 fully saturated rings. The van der Waals surface area contributed by atoms with E-state index in [1.165, 1.54) is 42.3 Å². The minimum Gasteiger partial charge on any atom is -0.321 e. The second-order valence-corrected chi connectivity index (χ2v) is 12.2. The Balaban J connectivity index is 1.48. The highest BCUT2D eigenvalue weighted by Gasteiger charge is 2.22. The molecule has 5 aromatic rings. The van der Waals surface area contributed by atoms with Crippen LogP contribution in [-0.2, 0) is 6.42 Å². The van der Waals surface area contributed by atoms with Crippen LogP contribution in [0.1, 0.15) is 54.1 Å². The molecule has 0 aliphatic rings. The van der Waals surface area contributed by atoms with Crippen molar-refractivity contribution in [2.24, 2.45) is 5.92 Å². The van der Waals surface area contributed by atoms with Crippen LogP contribution in [0.15, 0.2) is 53.2 Å². The first kappa shape index (κ1) is 24.3. The van der Waals surface area contributed by atoms with Crippen molar-refractivity contribution in [3.63, 3.8) is 0 Å². The van der Waals surface area contributed by atoms with Gasteiger partial charge in [-0.05, 0) is 53.4 Å². The SMILES string of the molecule is CCCCC(CC)Cc1ccc(C(=O)Nc2cc(-c3cccs3)c3nsnc3c2-c2cccs2)s1. The Morgan fingerprint density at radius 2 is 1.77 bits per heavy atom. The highest BCUT2D eigenvalue weighted by molar-refractivity contribution is 7.14. The zero-order chi connectivity index (χ0) is 24.2. The van der Waals surface area contributed by atoms with Crippen LogP contribution in [0.5, 0.6) is 0 Å². The molecule has 4 aromatic heterocycles. The van der Waals surface area contributed by atoms with Crippen LogP contribution in [0, 0.1) is 5.92 Å². The predicted octanol–water partition coefficient (Wildman–Crippen LogP) is 9.22. The average molecular weight is 538 g/mol. The fourth-order valence-corrected chi connectivity index (χ4v) is 7.46. The number of unbranched alkanes of at least 4 members (excludes halogenated alkanes) is 1. The number of carbonyl (C=O) groups excluding carboxylic acids is 1. The predicted molar refractivity (Wildman–Crippen MR) is 153 cm³/mol. The van der Waals surface area contributed by atoms with Crippen molar-refractivity contribution in [3.8, 4) is 20.9 Å². The standard InChI is InChI=1S/C27H27N3OS4/c1-3-5-8-17(4-2)15-18-11-12-23(34-18)27(31)28-20-16-19(21-9-6-13-32-21)25-26(30-35-29-25)24(20)22-10-7-14-33-22/h6-7,9-14,16-17H,3-5,8,15H2,1-2H3,(H,28,31). The molecule has 0 bridgehead atoms. The van der Waals surface area contributed by atoms with Crippen molar-refractivity contribution in [2.75, 3.05) is 5.32 Å². The molecule has 0 aliphatic heterocycles. The fraction of sp³-hybridized carbons (Fsp3) is 0.296. The number of hydrogen-bond donors (Lipinski definition) is 1. The van der Waals surface area contributed by atoms with Crippen molar-refractivity contribution in [1.82, 2.24) is 8.75 Å². The average Bonchev–Trinajstić information content (AvgIpc) is 3.69. The van der Waals surface area contributed by atoms with Gasteiger partial charge in [0, 0.05) is 25.8 Å². The third kappa shape index (κ3) is 5.26. The summed E-state index contributed by atoms with van der Waals surface area (Å²) in [7, 11) is 0. The second-order valence-electron chi connectivity index (χ2n) is 8.60. The molecule has 4 nitrogen and oxygen atoms in total. The maximum absolute atomic E-state index is 13.4. The molecule has 4 heterocycles. The number of aromatic nitrogens is 2. The molecule has 1 atom stereocenters. The van der Waals surface area contributed by atoms with E-state index in [9.17, 15) is 4.79 Å². The number of benzene rings is 1. The van der Waals surface area contributed by atoms with E-state index in [0.717, 1.165) is 48.9 Å². The summed E-state index contributed by atoms with van der Waals surface area (Å²) < 4.78 is 9.26. The monoisotopic (exact) mass is 537 g/mol. The Bertz CT molecular complexity index is 1400. The molecule has 0 spiro atoms. The van der Waals surface area contributed by atoms with E-state index in [1.54, 1.807) is 34.0 Å². The molecule has 35 heavy (non-hydrogen) atoms. The van der Waals surface area contributed by atoms with E-state index >= 15 is 0 Å². The van der Waals surface area contributed by atoms with Crippen molar-refractivity contribution >= 4 is 68.4 Å². The summed E-state index contributed by atoms with van der Waals surface area (Å²) >= 11 is 6.14. The Morgan fingerprint density at radius 1 is 1.00 bits per heavy atom. The molecule has 0 aliphatic carbocycles. The van der Waals surface area contributed by atoms with Gasteiger partial charge in [-0.15, -0.1) is 34.0 Å². The van der Waals surface area contributed by atoms with Gasteiger partial charge in [-0.25, -0.2) is 0 Å². The van der Waals surface area contributed by atoms with E-state index in [4.69, 9.17) is 0 Å². The Hall–Kier alpha value is -2.39. The molecule has 1 amide bonds. The van der Waals surface area contributed by atoms with Gasteiger partial charge in [-0.3, -0.25) is 4.79 Å². The number of carbonyl (C=O) groups is 1. The number of thiophene rings is 3. The summed E-state index contributed by atoms with van der Waals surface area (Å²) in [6.07, 6.45) is 5.98. The first-order chi connectivity index (χ1) is 17.2. The number of nitrogens with one attached hydrogen (secondary N) is 1. The first-order valence-electron chi connectivity index (χ1n) is 11.9. The highest BCUT2D eigenvalue weighted by Crippen LogP contribution is 2.43. The van der Waals surface area contributed by atoms with Gasteiger partial charge in [-0.1, -0.05) is 51.7 Å². The summed E-state index contributed by atoms with van der Waals surface area (Å²) in [5, 5.41) is 7.34. The van der Waals surface area contributed by atoms with Gasteiger partial charge in [0.25, 0.3) is 5.91 Å². The third-order valence-corrected chi connectivity index (χ3v) is 9.68. The molecule has 1 unspecified atom stereocenters.